The maximum absolute atomic E-state index is 6.69. The number of nitrogens with zero attached hydrogens (tertiary/aromatic N) is 1. The van der Waals surface area contributed by atoms with Gasteiger partial charge in [0.1, 0.15) is 0 Å². The van der Waals surface area contributed by atoms with Crippen molar-refractivity contribution in [2.45, 2.75) is 51.0 Å². The standard InChI is InChI=1S/C17H22N2S/c1-16(2,3)14-11-20-15(19-14)10-17(18)9-8-12-6-4-5-7-13(12)17/h4-7,11H,8-10,18H2,1-3H3. The minimum absolute atomic E-state index is 0.115. The molecule has 0 aliphatic heterocycles. The highest BCUT2D eigenvalue weighted by Crippen LogP contribution is 2.38. The number of benzene rings is 1. The largest absolute Gasteiger partial charge is 0.321 e. The Labute approximate surface area is 125 Å². The topological polar surface area (TPSA) is 38.9 Å². The maximum atomic E-state index is 6.69. The predicted octanol–water partition coefficient (Wildman–Crippen LogP) is 3.78. The van der Waals surface area contributed by atoms with Crippen LogP contribution in [0.3, 0.4) is 0 Å². The number of rotatable bonds is 2. The molecule has 2 aromatic rings. The van der Waals surface area contributed by atoms with Crippen molar-refractivity contribution in [1.82, 2.24) is 4.98 Å². The van der Waals surface area contributed by atoms with Crippen LogP contribution < -0.4 is 5.73 Å². The van der Waals surface area contributed by atoms with Gasteiger partial charge in [-0.2, -0.15) is 0 Å². The van der Waals surface area contributed by atoms with Crippen LogP contribution in [0.2, 0.25) is 0 Å². The van der Waals surface area contributed by atoms with Crippen molar-refractivity contribution in [3.63, 3.8) is 0 Å². The van der Waals surface area contributed by atoms with Crippen LogP contribution >= 0.6 is 11.3 Å². The quantitative estimate of drug-likeness (QED) is 0.912. The Morgan fingerprint density at radius 1 is 1.30 bits per heavy atom. The summed E-state index contributed by atoms with van der Waals surface area (Å²) in [6.45, 7) is 6.61. The molecule has 1 aromatic carbocycles. The van der Waals surface area contributed by atoms with Gasteiger partial charge in [-0.3, -0.25) is 0 Å². The summed E-state index contributed by atoms with van der Waals surface area (Å²) >= 11 is 1.75. The molecule has 3 heteroatoms. The van der Waals surface area contributed by atoms with Gasteiger partial charge in [-0.05, 0) is 24.0 Å². The molecule has 0 radical (unpaired) electrons. The number of fused-ring (bicyclic) bond motifs is 1. The Balaban J connectivity index is 1.87. The molecule has 0 amide bonds. The minimum atomic E-state index is -0.233. The highest BCUT2D eigenvalue weighted by atomic mass is 32.1. The van der Waals surface area contributed by atoms with Gasteiger partial charge in [-0.25, -0.2) is 4.98 Å². The lowest BCUT2D eigenvalue weighted by Crippen LogP contribution is -2.36. The molecule has 1 heterocycles. The molecular weight excluding hydrogens is 264 g/mol. The van der Waals surface area contributed by atoms with Gasteiger partial charge in [0.25, 0.3) is 0 Å². The Morgan fingerprint density at radius 2 is 2.05 bits per heavy atom. The fourth-order valence-corrected chi connectivity index (χ4v) is 4.05. The van der Waals surface area contributed by atoms with Crippen LogP contribution in [0.1, 0.15) is 49.0 Å². The monoisotopic (exact) mass is 286 g/mol. The van der Waals surface area contributed by atoms with Gasteiger partial charge >= 0.3 is 0 Å². The van der Waals surface area contributed by atoms with Gasteiger partial charge in [-0.15, -0.1) is 11.3 Å². The summed E-state index contributed by atoms with van der Waals surface area (Å²) in [4.78, 5) is 4.80. The number of nitrogens with two attached hydrogens (primary N) is 1. The van der Waals surface area contributed by atoms with Crippen molar-refractivity contribution in [2.75, 3.05) is 0 Å². The molecule has 3 rings (SSSR count). The van der Waals surface area contributed by atoms with E-state index in [1.54, 1.807) is 11.3 Å². The molecule has 20 heavy (non-hydrogen) atoms. The third-order valence-corrected chi connectivity index (χ3v) is 5.03. The van der Waals surface area contributed by atoms with Crippen molar-refractivity contribution in [2.24, 2.45) is 5.73 Å². The van der Waals surface area contributed by atoms with Crippen LogP contribution in [0.5, 0.6) is 0 Å². The highest BCUT2D eigenvalue weighted by Gasteiger charge is 2.35. The van der Waals surface area contributed by atoms with E-state index in [-0.39, 0.29) is 11.0 Å². The van der Waals surface area contributed by atoms with Crippen LogP contribution in [0.4, 0.5) is 0 Å². The van der Waals surface area contributed by atoms with E-state index in [2.05, 4.69) is 50.4 Å². The number of hydrogen-bond acceptors (Lipinski definition) is 3. The molecule has 2 nitrogen and oxygen atoms in total. The van der Waals surface area contributed by atoms with E-state index in [9.17, 15) is 0 Å². The molecule has 0 saturated heterocycles. The zero-order valence-electron chi connectivity index (χ0n) is 12.4. The summed E-state index contributed by atoms with van der Waals surface area (Å²) in [6.07, 6.45) is 2.96. The molecule has 0 spiro atoms. The van der Waals surface area contributed by atoms with E-state index in [4.69, 9.17) is 10.7 Å². The third kappa shape index (κ3) is 2.40. The van der Waals surface area contributed by atoms with E-state index in [1.807, 2.05) is 0 Å². The Bertz CT molecular complexity index is 624. The zero-order chi connectivity index (χ0) is 14.4. The fraction of sp³-hybridized carbons (Fsp3) is 0.471. The van der Waals surface area contributed by atoms with E-state index in [0.717, 1.165) is 24.3 Å². The predicted molar refractivity (Wildman–Crippen MR) is 85.1 cm³/mol. The van der Waals surface area contributed by atoms with Gasteiger partial charge in [0.05, 0.1) is 10.7 Å². The Hall–Kier alpha value is -1.19. The lowest BCUT2D eigenvalue weighted by atomic mass is 9.89. The molecule has 1 aliphatic carbocycles. The van der Waals surface area contributed by atoms with Crippen molar-refractivity contribution in [1.29, 1.82) is 0 Å². The van der Waals surface area contributed by atoms with E-state index in [0.29, 0.717) is 0 Å². The maximum Gasteiger partial charge on any atom is 0.0950 e. The van der Waals surface area contributed by atoms with E-state index in [1.165, 1.54) is 16.8 Å². The molecule has 0 saturated carbocycles. The molecule has 1 unspecified atom stereocenters. The van der Waals surface area contributed by atoms with Gasteiger partial charge in [0.2, 0.25) is 0 Å². The van der Waals surface area contributed by atoms with Crippen molar-refractivity contribution >= 4 is 11.3 Å². The highest BCUT2D eigenvalue weighted by molar-refractivity contribution is 7.09. The first-order valence-corrected chi connectivity index (χ1v) is 8.09. The van der Waals surface area contributed by atoms with Gasteiger partial charge in [0.15, 0.2) is 0 Å². The summed E-state index contributed by atoms with van der Waals surface area (Å²) in [7, 11) is 0. The Kier molecular flexibility index (Phi) is 3.22. The van der Waals surface area contributed by atoms with Crippen LogP contribution in [0, 0.1) is 0 Å². The first-order valence-electron chi connectivity index (χ1n) is 7.21. The summed E-state index contributed by atoms with van der Waals surface area (Å²) in [5.41, 5.74) is 10.5. The van der Waals surface area contributed by atoms with Gasteiger partial charge in [0, 0.05) is 22.8 Å². The number of aromatic nitrogens is 1. The van der Waals surface area contributed by atoms with Gasteiger partial charge in [-0.1, -0.05) is 45.0 Å². The van der Waals surface area contributed by atoms with Gasteiger partial charge < -0.3 is 5.73 Å². The van der Waals surface area contributed by atoms with Crippen molar-refractivity contribution < 1.29 is 0 Å². The van der Waals surface area contributed by atoms with Crippen molar-refractivity contribution in [3.8, 4) is 0 Å². The number of thiazole rings is 1. The van der Waals surface area contributed by atoms with Crippen LogP contribution in [-0.4, -0.2) is 4.98 Å². The second kappa shape index (κ2) is 4.68. The minimum Gasteiger partial charge on any atom is -0.321 e. The first kappa shape index (κ1) is 13.8. The molecule has 1 aliphatic rings. The second-order valence-corrected chi connectivity index (χ2v) is 7.81. The Morgan fingerprint density at radius 3 is 2.75 bits per heavy atom. The summed E-state index contributed by atoms with van der Waals surface area (Å²) < 4.78 is 0. The molecule has 1 atom stereocenters. The number of hydrogen-bond donors (Lipinski definition) is 1. The SMILES string of the molecule is CC(C)(C)c1csc(CC2(N)CCc3ccccc32)n1. The average molecular weight is 286 g/mol. The summed E-state index contributed by atoms with van der Waals surface area (Å²) in [5, 5.41) is 3.34. The normalized spacial score (nSPS) is 22.0. The lowest BCUT2D eigenvalue weighted by Gasteiger charge is -2.24. The molecule has 0 fully saturated rings. The van der Waals surface area contributed by atoms with E-state index < -0.39 is 0 Å². The molecular formula is C17H22N2S. The lowest BCUT2D eigenvalue weighted by molar-refractivity contribution is 0.436. The van der Waals surface area contributed by atoms with E-state index >= 15 is 0 Å². The molecule has 1 aromatic heterocycles. The molecule has 0 bridgehead atoms. The summed E-state index contributed by atoms with van der Waals surface area (Å²) in [6, 6.07) is 8.58. The fourth-order valence-electron chi connectivity index (χ4n) is 2.91. The smallest absolute Gasteiger partial charge is 0.0950 e. The van der Waals surface area contributed by atoms with Crippen LogP contribution in [0.15, 0.2) is 29.6 Å². The third-order valence-electron chi connectivity index (χ3n) is 4.18. The van der Waals surface area contributed by atoms with Crippen LogP contribution in [-0.2, 0) is 23.8 Å². The molecule has 2 N–H and O–H groups in total. The summed E-state index contributed by atoms with van der Waals surface area (Å²) in [5.74, 6) is 0. The van der Waals surface area contributed by atoms with Crippen LogP contribution in [0.25, 0.3) is 0 Å². The van der Waals surface area contributed by atoms with Crippen molar-refractivity contribution in [3.05, 3.63) is 51.5 Å². The first-order chi connectivity index (χ1) is 9.38. The number of aryl methyl sites for hydroxylation is 1. The second-order valence-electron chi connectivity index (χ2n) is 6.87. The average Bonchev–Trinajstić information content (AvgIpc) is 2.96. The zero-order valence-corrected chi connectivity index (χ0v) is 13.3. The molecule has 106 valence electrons.